The van der Waals surface area contributed by atoms with Crippen LogP contribution in [0.15, 0.2) is 4.42 Å². The number of ether oxygens (including phenoxy) is 1. The van der Waals surface area contributed by atoms with Gasteiger partial charge in [0.25, 0.3) is 0 Å². The van der Waals surface area contributed by atoms with Gasteiger partial charge < -0.3 is 19.8 Å². The molecule has 1 heterocycles. The van der Waals surface area contributed by atoms with E-state index in [1.165, 1.54) is 12.8 Å². The molecular weight excluding hydrogens is 220 g/mol. The second-order valence-corrected chi connectivity index (χ2v) is 3.80. The summed E-state index contributed by atoms with van der Waals surface area (Å²) < 4.78 is 10.3. The Labute approximate surface area is 102 Å². The largest absolute Gasteiger partial charge is 0.407 e. The Morgan fingerprint density at radius 1 is 1.24 bits per heavy atom. The van der Waals surface area contributed by atoms with Gasteiger partial charge >= 0.3 is 6.01 Å². The van der Waals surface area contributed by atoms with E-state index in [2.05, 4.69) is 27.8 Å². The fourth-order valence-electron chi connectivity index (χ4n) is 1.34. The maximum Gasteiger partial charge on any atom is 0.315 e. The van der Waals surface area contributed by atoms with E-state index in [4.69, 9.17) is 9.15 Å². The van der Waals surface area contributed by atoms with Crippen LogP contribution in [0.1, 0.15) is 32.1 Å². The van der Waals surface area contributed by atoms with E-state index < -0.39 is 0 Å². The van der Waals surface area contributed by atoms with Crippen LogP contribution < -0.4 is 10.6 Å². The van der Waals surface area contributed by atoms with Gasteiger partial charge in [-0.2, -0.15) is 0 Å². The molecule has 1 aromatic rings. The summed E-state index contributed by atoms with van der Waals surface area (Å²) in [5.74, 6) is 0.596. The Bertz CT molecular complexity index is 264. The average Bonchev–Trinajstić information content (AvgIpc) is 2.78. The van der Waals surface area contributed by atoms with Crippen molar-refractivity contribution in [2.24, 2.45) is 0 Å². The minimum atomic E-state index is 0.504. The molecule has 0 bridgehead atoms. The lowest BCUT2D eigenvalue weighted by Crippen LogP contribution is -2.18. The van der Waals surface area contributed by atoms with E-state index in [-0.39, 0.29) is 0 Å². The first-order valence-electron chi connectivity index (χ1n) is 6.12. The van der Waals surface area contributed by atoms with Crippen molar-refractivity contribution in [1.29, 1.82) is 0 Å². The zero-order valence-corrected chi connectivity index (χ0v) is 10.7. The number of rotatable bonds is 10. The van der Waals surface area contributed by atoms with Crippen LogP contribution in [0.5, 0.6) is 0 Å². The molecule has 0 aliphatic rings. The summed E-state index contributed by atoms with van der Waals surface area (Å²) in [7, 11) is 1.67. The Hall–Kier alpha value is -1.14. The van der Waals surface area contributed by atoms with Crippen LogP contribution in [-0.2, 0) is 11.3 Å². The predicted octanol–water partition coefficient (Wildman–Crippen LogP) is 1.41. The number of unbranched alkanes of at least 4 members (excludes halogenated alkanes) is 2. The molecule has 17 heavy (non-hydrogen) atoms. The minimum absolute atomic E-state index is 0.504. The third-order valence-corrected chi connectivity index (χ3v) is 2.28. The number of anilines is 1. The molecule has 1 aromatic heterocycles. The summed E-state index contributed by atoms with van der Waals surface area (Å²) in [6, 6.07) is 0.504. The molecule has 0 saturated heterocycles. The van der Waals surface area contributed by atoms with Gasteiger partial charge in [-0.05, 0) is 6.42 Å². The van der Waals surface area contributed by atoms with Crippen LogP contribution in [0, 0.1) is 0 Å². The molecule has 6 nitrogen and oxygen atoms in total. The maximum absolute atomic E-state index is 5.41. The third-order valence-electron chi connectivity index (χ3n) is 2.28. The van der Waals surface area contributed by atoms with E-state index in [1.54, 1.807) is 7.11 Å². The highest BCUT2D eigenvalue weighted by Crippen LogP contribution is 2.05. The van der Waals surface area contributed by atoms with Crippen molar-refractivity contribution in [1.82, 2.24) is 15.5 Å². The molecule has 0 unspecified atom stereocenters. The third kappa shape index (κ3) is 6.23. The zero-order valence-electron chi connectivity index (χ0n) is 10.7. The van der Waals surface area contributed by atoms with Gasteiger partial charge in [0.15, 0.2) is 0 Å². The lowest BCUT2D eigenvalue weighted by atomic mass is 10.2. The summed E-state index contributed by atoms with van der Waals surface area (Å²) in [6.07, 6.45) is 3.55. The van der Waals surface area contributed by atoms with E-state index in [1.807, 2.05) is 0 Å². The molecule has 2 N–H and O–H groups in total. The molecule has 0 fully saturated rings. The van der Waals surface area contributed by atoms with Crippen LogP contribution in [0.2, 0.25) is 0 Å². The second kappa shape index (κ2) is 8.95. The molecule has 0 amide bonds. The van der Waals surface area contributed by atoms with Gasteiger partial charge in [-0.1, -0.05) is 24.9 Å². The van der Waals surface area contributed by atoms with Crippen LogP contribution in [0.25, 0.3) is 0 Å². The fourth-order valence-corrected chi connectivity index (χ4v) is 1.34. The molecule has 0 aliphatic carbocycles. The van der Waals surface area contributed by atoms with Gasteiger partial charge in [0.05, 0.1) is 13.2 Å². The van der Waals surface area contributed by atoms with E-state index >= 15 is 0 Å². The van der Waals surface area contributed by atoms with Crippen LogP contribution in [-0.4, -0.2) is 37.0 Å². The predicted molar refractivity (Wildman–Crippen MR) is 65.9 cm³/mol. The van der Waals surface area contributed by atoms with Crippen molar-refractivity contribution >= 4 is 6.01 Å². The van der Waals surface area contributed by atoms with Crippen molar-refractivity contribution < 1.29 is 9.15 Å². The number of methoxy groups -OCH3 is 1. The number of aromatic nitrogens is 2. The number of nitrogens with one attached hydrogen (secondary N) is 2. The number of hydrogen-bond acceptors (Lipinski definition) is 6. The standard InChI is InChI=1S/C11H22N4O2/c1-3-4-5-6-13-11-15-14-10(17-11)9-12-7-8-16-2/h12H,3-9H2,1-2H3,(H,13,15). The first-order chi connectivity index (χ1) is 8.36. The quantitative estimate of drug-likeness (QED) is 0.604. The number of nitrogens with zero attached hydrogens (tertiary/aromatic N) is 2. The molecule has 0 saturated carbocycles. The molecule has 6 heteroatoms. The Morgan fingerprint density at radius 3 is 2.88 bits per heavy atom. The maximum atomic E-state index is 5.41. The van der Waals surface area contributed by atoms with Crippen molar-refractivity contribution in [3.05, 3.63) is 5.89 Å². The lowest BCUT2D eigenvalue weighted by molar-refractivity contribution is 0.198. The molecule has 98 valence electrons. The molecular formula is C11H22N4O2. The Balaban J connectivity index is 2.14. The number of hydrogen-bond donors (Lipinski definition) is 2. The van der Waals surface area contributed by atoms with Crippen LogP contribution in [0.3, 0.4) is 0 Å². The molecule has 1 rings (SSSR count). The lowest BCUT2D eigenvalue weighted by Gasteiger charge is -2.00. The molecule has 0 spiro atoms. The highest BCUT2D eigenvalue weighted by Gasteiger charge is 2.04. The summed E-state index contributed by atoms with van der Waals surface area (Å²) >= 11 is 0. The van der Waals surface area contributed by atoms with Gasteiger partial charge in [-0.15, -0.1) is 5.10 Å². The van der Waals surface area contributed by atoms with E-state index in [0.29, 0.717) is 25.1 Å². The fraction of sp³-hybridized carbons (Fsp3) is 0.818. The monoisotopic (exact) mass is 242 g/mol. The van der Waals surface area contributed by atoms with Gasteiger partial charge in [0, 0.05) is 20.2 Å². The van der Waals surface area contributed by atoms with Gasteiger partial charge in [0.1, 0.15) is 0 Å². The normalized spacial score (nSPS) is 10.7. The van der Waals surface area contributed by atoms with Crippen molar-refractivity contribution in [2.75, 3.05) is 32.1 Å². The Morgan fingerprint density at radius 2 is 2.12 bits per heavy atom. The van der Waals surface area contributed by atoms with Crippen LogP contribution in [0.4, 0.5) is 6.01 Å². The first kappa shape index (κ1) is 13.9. The first-order valence-corrected chi connectivity index (χ1v) is 6.12. The van der Waals surface area contributed by atoms with E-state index in [9.17, 15) is 0 Å². The SMILES string of the molecule is CCCCCNc1nnc(CNCCOC)o1. The average molecular weight is 242 g/mol. The highest BCUT2D eigenvalue weighted by molar-refractivity contribution is 5.16. The molecule has 0 aliphatic heterocycles. The van der Waals surface area contributed by atoms with Crippen molar-refractivity contribution in [3.63, 3.8) is 0 Å². The summed E-state index contributed by atoms with van der Waals surface area (Å²) in [4.78, 5) is 0. The topological polar surface area (TPSA) is 72.2 Å². The smallest absolute Gasteiger partial charge is 0.315 e. The molecule has 0 aromatic carbocycles. The van der Waals surface area contributed by atoms with E-state index in [0.717, 1.165) is 19.5 Å². The van der Waals surface area contributed by atoms with Crippen molar-refractivity contribution in [2.45, 2.75) is 32.7 Å². The van der Waals surface area contributed by atoms with Gasteiger partial charge in [0.2, 0.25) is 5.89 Å². The summed E-state index contributed by atoms with van der Waals surface area (Å²) in [5, 5.41) is 14.1. The highest BCUT2D eigenvalue weighted by atomic mass is 16.5. The van der Waals surface area contributed by atoms with Crippen molar-refractivity contribution in [3.8, 4) is 0 Å². The molecule has 0 atom stereocenters. The van der Waals surface area contributed by atoms with Gasteiger partial charge in [-0.3, -0.25) is 0 Å². The Kier molecular flexibility index (Phi) is 7.33. The van der Waals surface area contributed by atoms with Crippen LogP contribution >= 0.6 is 0 Å². The second-order valence-electron chi connectivity index (χ2n) is 3.80. The zero-order chi connectivity index (χ0) is 12.3. The minimum Gasteiger partial charge on any atom is -0.407 e. The summed E-state index contributed by atoms with van der Waals surface area (Å²) in [6.45, 7) is 5.09. The summed E-state index contributed by atoms with van der Waals surface area (Å²) in [5.41, 5.74) is 0. The van der Waals surface area contributed by atoms with Gasteiger partial charge in [-0.25, -0.2) is 0 Å². The molecule has 0 radical (unpaired) electrons.